The molecular formula is C20H23NO4. The Morgan fingerprint density at radius 2 is 1.56 bits per heavy atom. The molecule has 1 N–H and O–H groups in total. The van der Waals surface area contributed by atoms with Crippen LogP contribution in [0.2, 0.25) is 0 Å². The number of esters is 1. The number of benzene rings is 2. The van der Waals surface area contributed by atoms with Crippen LogP contribution >= 0.6 is 0 Å². The van der Waals surface area contributed by atoms with E-state index in [0.717, 1.165) is 11.1 Å². The Balaban J connectivity index is 1.74. The third-order valence-electron chi connectivity index (χ3n) is 3.39. The van der Waals surface area contributed by atoms with Gasteiger partial charge < -0.3 is 14.8 Å². The lowest BCUT2D eigenvalue weighted by Crippen LogP contribution is -2.32. The maximum atomic E-state index is 11.6. The van der Waals surface area contributed by atoms with Crippen LogP contribution in [0.1, 0.15) is 13.8 Å². The number of ether oxygens (including phenoxy) is 2. The van der Waals surface area contributed by atoms with Crippen LogP contribution in [0.15, 0.2) is 54.6 Å². The zero-order valence-corrected chi connectivity index (χ0v) is 14.5. The summed E-state index contributed by atoms with van der Waals surface area (Å²) in [6, 6.07) is 17.4. The van der Waals surface area contributed by atoms with Crippen LogP contribution in [0.4, 0.5) is 0 Å². The first-order chi connectivity index (χ1) is 12.0. The number of rotatable bonds is 8. The number of carbonyl (C=O) groups is 2. The number of hydrogen-bond donors (Lipinski definition) is 1. The van der Waals surface area contributed by atoms with Gasteiger partial charge in [0.1, 0.15) is 5.75 Å². The molecule has 0 aromatic heterocycles. The second kappa shape index (κ2) is 9.47. The van der Waals surface area contributed by atoms with E-state index < -0.39 is 5.97 Å². The lowest BCUT2D eigenvalue weighted by Gasteiger charge is -2.09. The predicted octanol–water partition coefficient (Wildman–Crippen LogP) is 3.05. The molecule has 0 unspecified atom stereocenters. The van der Waals surface area contributed by atoms with E-state index in [1.807, 2.05) is 56.3 Å². The van der Waals surface area contributed by atoms with Gasteiger partial charge in [0.2, 0.25) is 0 Å². The van der Waals surface area contributed by atoms with Crippen LogP contribution in [0.3, 0.4) is 0 Å². The molecule has 0 bridgehead atoms. The molecule has 5 nitrogen and oxygen atoms in total. The molecule has 0 saturated carbocycles. The van der Waals surface area contributed by atoms with Gasteiger partial charge in [-0.2, -0.15) is 0 Å². The molecule has 2 aromatic rings. The van der Waals surface area contributed by atoms with Crippen molar-refractivity contribution in [2.75, 3.05) is 19.8 Å². The van der Waals surface area contributed by atoms with Crippen molar-refractivity contribution in [1.29, 1.82) is 0 Å². The van der Waals surface area contributed by atoms with Gasteiger partial charge >= 0.3 is 5.97 Å². The van der Waals surface area contributed by atoms with Gasteiger partial charge in [-0.1, -0.05) is 56.3 Å². The van der Waals surface area contributed by atoms with Crippen molar-refractivity contribution in [3.63, 3.8) is 0 Å². The Morgan fingerprint density at radius 3 is 2.20 bits per heavy atom. The standard InChI is InChI=1S/C20H23NO4/c1-15(2)12-21-19(22)13-25-20(23)14-24-18-10-8-17(9-11-18)16-6-4-3-5-7-16/h3-11,15H,12-14H2,1-2H3,(H,21,22). The van der Waals surface area contributed by atoms with Gasteiger partial charge in [0.25, 0.3) is 5.91 Å². The van der Waals surface area contributed by atoms with Gasteiger partial charge in [-0.3, -0.25) is 4.79 Å². The van der Waals surface area contributed by atoms with E-state index in [1.165, 1.54) is 0 Å². The summed E-state index contributed by atoms with van der Waals surface area (Å²) in [6.45, 7) is 4.01. The summed E-state index contributed by atoms with van der Waals surface area (Å²) in [6.07, 6.45) is 0. The highest BCUT2D eigenvalue weighted by atomic mass is 16.6. The summed E-state index contributed by atoms with van der Waals surface area (Å²) >= 11 is 0. The Hall–Kier alpha value is -2.82. The SMILES string of the molecule is CC(C)CNC(=O)COC(=O)COc1ccc(-c2ccccc2)cc1. The summed E-state index contributed by atoms with van der Waals surface area (Å²) in [4.78, 5) is 23.1. The van der Waals surface area contributed by atoms with E-state index in [2.05, 4.69) is 5.32 Å². The Morgan fingerprint density at radius 1 is 0.920 bits per heavy atom. The minimum atomic E-state index is -0.577. The minimum Gasteiger partial charge on any atom is -0.482 e. The summed E-state index contributed by atoms with van der Waals surface area (Å²) in [5.74, 6) is 0.0313. The number of nitrogens with one attached hydrogen (secondary N) is 1. The molecule has 0 aliphatic rings. The van der Waals surface area contributed by atoms with Crippen LogP contribution < -0.4 is 10.1 Å². The fraction of sp³-hybridized carbons (Fsp3) is 0.300. The third-order valence-corrected chi connectivity index (χ3v) is 3.39. The van der Waals surface area contributed by atoms with Gasteiger partial charge in [0.05, 0.1) is 0 Å². The molecular weight excluding hydrogens is 318 g/mol. The first kappa shape index (κ1) is 18.5. The Labute approximate surface area is 148 Å². The predicted molar refractivity (Wildman–Crippen MR) is 96.2 cm³/mol. The number of amides is 1. The largest absolute Gasteiger partial charge is 0.482 e. The van der Waals surface area contributed by atoms with Crippen molar-refractivity contribution in [1.82, 2.24) is 5.32 Å². The van der Waals surface area contributed by atoms with Crippen molar-refractivity contribution in [2.24, 2.45) is 5.92 Å². The highest BCUT2D eigenvalue weighted by Crippen LogP contribution is 2.21. The van der Waals surface area contributed by atoms with Crippen molar-refractivity contribution in [3.8, 4) is 16.9 Å². The summed E-state index contributed by atoms with van der Waals surface area (Å²) in [5.41, 5.74) is 2.18. The molecule has 0 aliphatic heterocycles. The second-order valence-electron chi connectivity index (χ2n) is 6.04. The maximum absolute atomic E-state index is 11.6. The lowest BCUT2D eigenvalue weighted by atomic mass is 10.1. The fourth-order valence-corrected chi connectivity index (χ4v) is 2.07. The number of carbonyl (C=O) groups excluding carboxylic acids is 2. The average molecular weight is 341 g/mol. The van der Waals surface area contributed by atoms with Crippen LogP contribution in [-0.4, -0.2) is 31.6 Å². The van der Waals surface area contributed by atoms with Gasteiger partial charge in [-0.15, -0.1) is 0 Å². The van der Waals surface area contributed by atoms with Crippen molar-refractivity contribution in [2.45, 2.75) is 13.8 Å². The second-order valence-corrected chi connectivity index (χ2v) is 6.04. The molecule has 0 saturated heterocycles. The van der Waals surface area contributed by atoms with Gasteiger partial charge in [0.15, 0.2) is 13.2 Å². The van der Waals surface area contributed by atoms with E-state index in [0.29, 0.717) is 18.2 Å². The first-order valence-electron chi connectivity index (χ1n) is 8.25. The maximum Gasteiger partial charge on any atom is 0.344 e. The van der Waals surface area contributed by atoms with E-state index in [1.54, 1.807) is 12.1 Å². The molecule has 0 fully saturated rings. The highest BCUT2D eigenvalue weighted by Gasteiger charge is 2.09. The average Bonchev–Trinajstić information content (AvgIpc) is 2.64. The van der Waals surface area contributed by atoms with Gasteiger partial charge in [-0.05, 0) is 29.2 Å². The van der Waals surface area contributed by atoms with Crippen LogP contribution in [0.5, 0.6) is 5.75 Å². The quantitative estimate of drug-likeness (QED) is 0.750. The molecule has 0 aliphatic carbocycles. The zero-order valence-electron chi connectivity index (χ0n) is 14.5. The molecule has 0 atom stereocenters. The third kappa shape index (κ3) is 6.67. The van der Waals surface area contributed by atoms with Crippen LogP contribution in [0, 0.1) is 5.92 Å². The fourth-order valence-electron chi connectivity index (χ4n) is 2.07. The van der Waals surface area contributed by atoms with Crippen molar-refractivity contribution in [3.05, 3.63) is 54.6 Å². The van der Waals surface area contributed by atoms with E-state index >= 15 is 0 Å². The highest BCUT2D eigenvalue weighted by molar-refractivity contribution is 5.80. The van der Waals surface area contributed by atoms with E-state index in [-0.39, 0.29) is 19.1 Å². The van der Waals surface area contributed by atoms with Crippen LogP contribution in [0.25, 0.3) is 11.1 Å². The monoisotopic (exact) mass is 341 g/mol. The molecule has 0 radical (unpaired) electrons. The first-order valence-corrected chi connectivity index (χ1v) is 8.25. The molecule has 0 spiro atoms. The minimum absolute atomic E-state index is 0.234. The smallest absolute Gasteiger partial charge is 0.344 e. The molecule has 0 heterocycles. The Kier molecular flexibility index (Phi) is 7.01. The topological polar surface area (TPSA) is 64.6 Å². The van der Waals surface area contributed by atoms with Crippen LogP contribution in [-0.2, 0) is 14.3 Å². The molecule has 5 heteroatoms. The molecule has 2 aromatic carbocycles. The summed E-state index contributed by atoms with van der Waals surface area (Å²) in [5, 5.41) is 2.68. The van der Waals surface area contributed by atoms with E-state index in [9.17, 15) is 9.59 Å². The summed E-state index contributed by atoms with van der Waals surface area (Å²) < 4.78 is 10.3. The molecule has 132 valence electrons. The normalized spacial score (nSPS) is 10.4. The molecule has 2 rings (SSSR count). The van der Waals surface area contributed by atoms with Gasteiger partial charge in [-0.25, -0.2) is 4.79 Å². The van der Waals surface area contributed by atoms with Gasteiger partial charge in [0, 0.05) is 6.54 Å². The zero-order chi connectivity index (χ0) is 18.1. The van der Waals surface area contributed by atoms with E-state index in [4.69, 9.17) is 9.47 Å². The number of hydrogen-bond acceptors (Lipinski definition) is 4. The lowest BCUT2D eigenvalue weighted by molar-refractivity contribution is -0.150. The van der Waals surface area contributed by atoms with Crippen molar-refractivity contribution < 1.29 is 19.1 Å². The molecule has 25 heavy (non-hydrogen) atoms. The summed E-state index contributed by atoms with van der Waals surface area (Å²) in [7, 11) is 0. The van der Waals surface area contributed by atoms with Crippen molar-refractivity contribution >= 4 is 11.9 Å². The Bertz CT molecular complexity index is 681. The molecule has 1 amide bonds.